The van der Waals surface area contributed by atoms with E-state index in [-0.39, 0.29) is 12.2 Å². The van der Waals surface area contributed by atoms with Gasteiger partial charge in [0.25, 0.3) is 0 Å². The van der Waals surface area contributed by atoms with Crippen molar-refractivity contribution in [1.29, 1.82) is 0 Å². The molecular weight excluding hydrogens is 76.1 g/mol. The molecule has 1 saturated carbocycles. The molecule has 6 heavy (non-hydrogen) atoms. The van der Waals surface area contributed by atoms with Gasteiger partial charge in [-0.1, -0.05) is 0 Å². The molecule has 0 spiro atoms. The molecule has 0 aromatic heterocycles. The average molecular weight is 86.1 g/mol. The van der Waals surface area contributed by atoms with E-state index in [9.17, 15) is 4.79 Å². The first-order valence-corrected chi connectivity index (χ1v) is 2.12. The quantitative estimate of drug-likeness (QED) is 0.432. The molecule has 0 heterocycles. The summed E-state index contributed by atoms with van der Waals surface area (Å²) in [6.45, 7) is 0. The van der Waals surface area contributed by atoms with Crippen LogP contribution in [-0.2, 0) is 4.79 Å². The lowest BCUT2D eigenvalue weighted by Gasteiger charge is -1.71. The molecule has 1 aliphatic rings. The van der Waals surface area contributed by atoms with E-state index in [0.29, 0.717) is 12.8 Å². The first-order chi connectivity index (χ1) is 3.60. The number of hydrogen-bond acceptors (Lipinski definition) is 1. The minimum Gasteiger partial charge on any atom is -0.300 e. The van der Waals surface area contributed by atoms with Crippen LogP contribution in [0.1, 0.15) is 28.4 Å². The third-order valence-electron chi connectivity index (χ3n) is 0.903. The Balaban J connectivity index is 2.56. The molecule has 0 unspecified atom stereocenters. The van der Waals surface area contributed by atoms with Gasteiger partial charge in [0.15, 0.2) is 0 Å². The van der Waals surface area contributed by atoms with Gasteiger partial charge in [-0.05, 0) is 12.8 Å². The van der Waals surface area contributed by atoms with Gasteiger partial charge in [0, 0.05) is 15.6 Å². The maximum Gasteiger partial charge on any atom is 0.132 e. The largest absolute Gasteiger partial charge is 0.300 e. The molecule has 34 valence electrons. The van der Waals surface area contributed by atoms with E-state index in [1.165, 1.54) is 0 Å². The molecule has 0 radical (unpaired) electrons. The first-order valence-electron chi connectivity index (χ1n) is 3.12. The van der Waals surface area contributed by atoms with Crippen LogP contribution in [0, 0.1) is 0 Å². The fourth-order valence-corrected chi connectivity index (χ4v) is 0.544. The highest BCUT2D eigenvalue weighted by Gasteiger charge is 2.07. The molecular formula is C5H8O. The van der Waals surface area contributed by atoms with Crippen molar-refractivity contribution < 1.29 is 7.54 Å². The molecule has 0 atom stereocenters. The van der Waals surface area contributed by atoms with Crippen LogP contribution >= 0.6 is 0 Å². The number of carbonyl (C=O) groups is 1. The third kappa shape index (κ3) is 0.588. The highest BCUT2D eigenvalue weighted by Crippen LogP contribution is 2.11. The van der Waals surface area contributed by atoms with Crippen molar-refractivity contribution >= 4 is 5.78 Å². The van der Waals surface area contributed by atoms with Crippen molar-refractivity contribution in [1.82, 2.24) is 0 Å². The van der Waals surface area contributed by atoms with E-state index < -0.39 is 6.37 Å². The van der Waals surface area contributed by atoms with Crippen molar-refractivity contribution in [2.45, 2.75) is 25.6 Å². The summed E-state index contributed by atoms with van der Waals surface area (Å²) in [6, 6.07) is 0. The molecule has 0 amide bonds. The van der Waals surface area contributed by atoms with E-state index in [1.807, 2.05) is 0 Å². The van der Waals surface area contributed by atoms with E-state index in [2.05, 4.69) is 0 Å². The van der Waals surface area contributed by atoms with Crippen LogP contribution in [0.25, 0.3) is 0 Å². The summed E-state index contributed by atoms with van der Waals surface area (Å²) >= 11 is 0. The standard InChI is InChI=1S/C5H8O/c6-5-3-1-2-4-5/h1-4H2/i1D2. The van der Waals surface area contributed by atoms with Crippen molar-refractivity contribution in [3.05, 3.63) is 0 Å². The van der Waals surface area contributed by atoms with Gasteiger partial charge in [-0.15, -0.1) is 0 Å². The fourth-order valence-electron chi connectivity index (χ4n) is 0.544. The number of ketones is 1. The van der Waals surface area contributed by atoms with Crippen LogP contribution in [-0.4, -0.2) is 5.78 Å². The number of rotatable bonds is 0. The van der Waals surface area contributed by atoms with Gasteiger partial charge in [0.1, 0.15) is 5.78 Å². The Bertz CT molecular complexity index is 120. The van der Waals surface area contributed by atoms with Gasteiger partial charge in [-0.3, -0.25) is 4.79 Å². The second-order valence-electron chi connectivity index (χ2n) is 1.47. The zero-order valence-corrected chi connectivity index (χ0v) is 3.53. The van der Waals surface area contributed by atoms with Crippen LogP contribution in [0.5, 0.6) is 0 Å². The van der Waals surface area contributed by atoms with Gasteiger partial charge in [0.2, 0.25) is 0 Å². The van der Waals surface area contributed by atoms with Crippen molar-refractivity contribution in [3.8, 4) is 0 Å². The number of Topliss-reactive ketones (excluding diaryl/α,β-unsaturated/α-hetero) is 1. The maximum absolute atomic E-state index is 10.4. The predicted molar refractivity (Wildman–Crippen MR) is 23.5 cm³/mol. The second-order valence-corrected chi connectivity index (χ2v) is 1.47. The molecule has 1 nitrogen and oxygen atoms in total. The Labute approximate surface area is 40.2 Å². The van der Waals surface area contributed by atoms with Crippen molar-refractivity contribution in [3.63, 3.8) is 0 Å². The smallest absolute Gasteiger partial charge is 0.132 e. The van der Waals surface area contributed by atoms with Crippen LogP contribution < -0.4 is 0 Å². The minimum absolute atomic E-state index is 0.0648. The first kappa shape index (κ1) is 2.10. The van der Waals surface area contributed by atoms with Gasteiger partial charge in [-0.25, -0.2) is 0 Å². The highest BCUT2D eigenvalue weighted by atomic mass is 16.1. The second kappa shape index (κ2) is 1.41. The average Bonchev–Trinajstić information content (AvgIpc) is 1.82. The molecule has 1 fully saturated rings. The van der Waals surface area contributed by atoms with Gasteiger partial charge in [-0.2, -0.15) is 0 Å². The topological polar surface area (TPSA) is 17.1 Å². The summed E-state index contributed by atoms with van der Waals surface area (Å²) in [5, 5.41) is 0. The van der Waals surface area contributed by atoms with E-state index in [1.54, 1.807) is 0 Å². The van der Waals surface area contributed by atoms with Crippen molar-refractivity contribution in [2.24, 2.45) is 0 Å². The lowest BCUT2D eigenvalue weighted by Crippen LogP contribution is -1.81. The van der Waals surface area contributed by atoms with E-state index in [4.69, 9.17) is 2.74 Å². The van der Waals surface area contributed by atoms with Gasteiger partial charge >= 0.3 is 0 Å². The van der Waals surface area contributed by atoms with E-state index >= 15 is 0 Å². The summed E-state index contributed by atoms with van der Waals surface area (Å²) in [5.74, 6) is 0.0648. The Morgan fingerprint density at radius 2 is 2.50 bits per heavy atom. The third-order valence-corrected chi connectivity index (χ3v) is 0.903. The van der Waals surface area contributed by atoms with Crippen LogP contribution in [0.15, 0.2) is 0 Å². The molecule has 0 aliphatic heterocycles. The molecule has 1 rings (SSSR count). The predicted octanol–water partition coefficient (Wildman–Crippen LogP) is 1.13. The summed E-state index contributed by atoms with van der Waals surface area (Å²) in [4.78, 5) is 10.4. The maximum atomic E-state index is 10.4. The molecule has 0 bridgehead atoms. The molecule has 1 heteroatoms. The Hall–Kier alpha value is -0.330. The number of hydrogen-bond donors (Lipinski definition) is 0. The lowest BCUT2D eigenvalue weighted by molar-refractivity contribution is -0.117. The summed E-state index contributed by atoms with van der Waals surface area (Å²) < 4.78 is 14.1. The summed E-state index contributed by atoms with van der Waals surface area (Å²) in [7, 11) is 0. The molecule has 1 aliphatic carbocycles. The summed E-state index contributed by atoms with van der Waals surface area (Å²) in [6.07, 6.45) is -0.192. The minimum atomic E-state index is -1.18. The van der Waals surface area contributed by atoms with Crippen LogP contribution in [0.3, 0.4) is 0 Å². The zero-order valence-electron chi connectivity index (χ0n) is 5.53. The molecule has 0 N–H and O–H groups in total. The van der Waals surface area contributed by atoms with Gasteiger partial charge < -0.3 is 0 Å². The zero-order chi connectivity index (χ0) is 6.20. The Morgan fingerprint density at radius 3 is 2.67 bits per heavy atom. The lowest BCUT2D eigenvalue weighted by atomic mass is 10.4. The normalized spacial score (nSPS) is 35.7. The van der Waals surface area contributed by atoms with Crippen LogP contribution in [0.2, 0.25) is 0 Å². The SMILES string of the molecule is [2H]C1([2H])CCC(=O)C1. The van der Waals surface area contributed by atoms with E-state index in [0.717, 1.165) is 0 Å². The molecule has 0 saturated heterocycles. The van der Waals surface area contributed by atoms with Crippen LogP contribution in [0.4, 0.5) is 0 Å². The van der Waals surface area contributed by atoms with Gasteiger partial charge in [0.05, 0.1) is 0 Å². The Kier molecular flexibility index (Phi) is 0.495. The Morgan fingerprint density at radius 1 is 1.67 bits per heavy atom. The van der Waals surface area contributed by atoms with Crippen molar-refractivity contribution in [2.75, 3.05) is 0 Å². The highest BCUT2D eigenvalue weighted by molar-refractivity contribution is 5.79. The molecule has 0 aromatic carbocycles. The number of carbonyl (C=O) groups excluding carboxylic acids is 1. The molecule has 0 aromatic rings. The summed E-state index contributed by atoms with van der Waals surface area (Å²) in [5.41, 5.74) is 0. The monoisotopic (exact) mass is 86.1 g/mol. The fraction of sp³-hybridized carbons (Fsp3) is 0.800.